The number of nitrogens with zero attached hydrogens (tertiary/aromatic N) is 4. The Kier molecular flexibility index (Phi) is 4.45. The van der Waals surface area contributed by atoms with E-state index in [1.165, 1.54) is 6.20 Å². The Morgan fingerprint density at radius 3 is 3.17 bits per heavy atom. The third-order valence-corrected chi connectivity index (χ3v) is 2.87. The van der Waals surface area contributed by atoms with E-state index in [9.17, 15) is 0 Å². The number of aromatic nitrogens is 2. The number of anilines is 1. The Balaban J connectivity index is 2.06. The molecule has 2 rings (SSSR count). The Hall–Kier alpha value is -1.71. The molecule has 1 saturated heterocycles. The van der Waals surface area contributed by atoms with Gasteiger partial charge in [-0.05, 0) is 6.42 Å². The first-order valence-electron chi connectivity index (χ1n) is 5.91. The molecule has 0 amide bonds. The van der Waals surface area contributed by atoms with Crippen molar-refractivity contribution in [2.24, 2.45) is 0 Å². The van der Waals surface area contributed by atoms with Crippen LogP contribution in [0.4, 0.5) is 5.82 Å². The Bertz CT molecular complexity index is 432. The van der Waals surface area contributed by atoms with E-state index >= 15 is 0 Å². The Morgan fingerprint density at radius 1 is 1.56 bits per heavy atom. The number of hydrogen-bond donors (Lipinski definition) is 0. The number of hydrogen-bond acceptors (Lipinski definition) is 6. The normalized spacial score (nSPS) is 19.6. The second kappa shape index (κ2) is 6.28. The van der Waals surface area contributed by atoms with E-state index in [1.54, 1.807) is 13.3 Å². The van der Waals surface area contributed by atoms with Crippen molar-refractivity contribution in [1.82, 2.24) is 9.97 Å². The highest BCUT2D eigenvalue weighted by Gasteiger charge is 2.23. The van der Waals surface area contributed by atoms with Crippen LogP contribution in [0.3, 0.4) is 0 Å². The maximum absolute atomic E-state index is 9.03. The molecule has 0 aromatic carbocycles. The number of methoxy groups -OCH3 is 1. The number of morpholine rings is 1. The molecule has 1 aromatic rings. The molecule has 6 nitrogen and oxygen atoms in total. The van der Waals surface area contributed by atoms with Gasteiger partial charge in [0.2, 0.25) is 0 Å². The lowest BCUT2D eigenvalue weighted by molar-refractivity contribution is 0.0189. The van der Waals surface area contributed by atoms with Crippen molar-refractivity contribution >= 4 is 5.82 Å². The van der Waals surface area contributed by atoms with Crippen LogP contribution in [0.15, 0.2) is 12.4 Å². The minimum absolute atomic E-state index is 0.118. The molecule has 0 spiro atoms. The van der Waals surface area contributed by atoms with E-state index in [0.29, 0.717) is 24.7 Å². The molecule has 0 N–H and O–H groups in total. The molecule has 1 atom stereocenters. The molecule has 0 radical (unpaired) electrons. The fourth-order valence-electron chi connectivity index (χ4n) is 1.98. The summed E-state index contributed by atoms with van der Waals surface area (Å²) < 4.78 is 10.7. The molecule has 96 valence electrons. The van der Waals surface area contributed by atoms with E-state index in [0.717, 1.165) is 19.5 Å². The first-order chi connectivity index (χ1) is 8.85. The molecule has 0 saturated carbocycles. The zero-order valence-corrected chi connectivity index (χ0v) is 10.4. The van der Waals surface area contributed by atoms with Gasteiger partial charge in [-0.15, -0.1) is 0 Å². The lowest BCUT2D eigenvalue weighted by Crippen LogP contribution is -2.43. The van der Waals surface area contributed by atoms with E-state index < -0.39 is 0 Å². The molecule has 6 heteroatoms. The fourth-order valence-corrected chi connectivity index (χ4v) is 1.98. The third kappa shape index (κ3) is 2.94. The molecular formula is C12H16N4O2. The predicted octanol–water partition coefficient (Wildman–Crippen LogP) is 0.590. The highest BCUT2D eigenvalue weighted by Crippen LogP contribution is 2.18. The molecule has 1 aliphatic rings. The van der Waals surface area contributed by atoms with Gasteiger partial charge in [0, 0.05) is 39.2 Å². The standard InChI is InChI=1S/C12H16N4O2/c1-17-6-2-10-9-16(5-7-18-10)12-11(8-13)14-3-4-15-12/h3-4,10H,2,5-7,9H2,1H3/t10-/m1/s1. The van der Waals surface area contributed by atoms with Crippen molar-refractivity contribution in [3.8, 4) is 6.07 Å². The maximum Gasteiger partial charge on any atom is 0.183 e. The van der Waals surface area contributed by atoms with Gasteiger partial charge in [0.05, 0.1) is 12.7 Å². The van der Waals surface area contributed by atoms with Crippen LogP contribution in [0.1, 0.15) is 12.1 Å². The van der Waals surface area contributed by atoms with Gasteiger partial charge in [-0.25, -0.2) is 9.97 Å². The van der Waals surface area contributed by atoms with Crippen LogP contribution in [0.2, 0.25) is 0 Å². The molecule has 0 unspecified atom stereocenters. The Morgan fingerprint density at radius 2 is 2.39 bits per heavy atom. The summed E-state index contributed by atoms with van der Waals surface area (Å²) in [6, 6.07) is 2.07. The SMILES string of the molecule is COCC[C@@H]1CN(c2nccnc2C#N)CCO1. The summed E-state index contributed by atoms with van der Waals surface area (Å²) >= 11 is 0. The van der Waals surface area contributed by atoms with Gasteiger partial charge in [-0.1, -0.05) is 0 Å². The van der Waals surface area contributed by atoms with Crippen molar-refractivity contribution in [2.75, 3.05) is 38.3 Å². The molecule has 1 aromatic heterocycles. The first-order valence-corrected chi connectivity index (χ1v) is 5.91. The summed E-state index contributed by atoms with van der Waals surface area (Å²) in [7, 11) is 1.68. The quantitative estimate of drug-likeness (QED) is 0.776. The summed E-state index contributed by atoms with van der Waals surface area (Å²) in [5, 5.41) is 9.03. The molecule has 18 heavy (non-hydrogen) atoms. The van der Waals surface area contributed by atoms with E-state index in [4.69, 9.17) is 14.7 Å². The average molecular weight is 248 g/mol. The summed E-state index contributed by atoms with van der Waals surface area (Å²) in [5.74, 6) is 0.644. The van der Waals surface area contributed by atoms with Crippen LogP contribution in [-0.2, 0) is 9.47 Å². The van der Waals surface area contributed by atoms with Crippen LogP contribution in [0.25, 0.3) is 0 Å². The second-order valence-electron chi connectivity index (χ2n) is 4.06. The van der Waals surface area contributed by atoms with Crippen LogP contribution in [0, 0.1) is 11.3 Å². The largest absolute Gasteiger partial charge is 0.385 e. The van der Waals surface area contributed by atoms with Gasteiger partial charge < -0.3 is 14.4 Å². The van der Waals surface area contributed by atoms with Crippen LogP contribution < -0.4 is 4.90 Å². The topological polar surface area (TPSA) is 71.3 Å². The molecule has 1 aliphatic heterocycles. The van der Waals surface area contributed by atoms with Crippen molar-refractivity contribution in [1.29, 1.82) is 5.26 Å². The summed E-state index contributed by atoms with van der Waals surface area (Å²) in [5.41, 5.74) is 0.366. The second-order valence-corrected chi connectivity index (χ2v) is 4.06. The zero-order chi connectivity index (χ0) is 12.8. The monoisotopic (exact) mass is 248 g/mol. The van der Waals surface area contributed by atoms with Gasteiger partial charge in [0.1, 0.15) is 6.07 Å². The van der Waals surface area contributed by atoms with Gasteiger partial charge in [-0.3, -0.25) is 0 Å². The van der Waals surface area contributed by atoms with Gasteiger partial charge in [0.25, 0.3) is 0 Å². The highest BCUT2D eigenvalue weighted by molar-refractivity contribution is 5.49. The lowest BCUT2D eigenvalue weighted by Gasteiger charge is -2.33. The van der Waals surface area contributed by atoms with E-state index in [2.05, 4.69) is 20.9 Å². The lowest BCUT2D eigenvalue weighted by atomic mass is 10.2. The Labute approximate surface area is 106 Å². The summed E-state index contributed by atoms with van der Waals surface area (Å²) in [6.07, 6.45) is 4.10. The van der Waals surface area contributed by atoms with Gasteiger partial charge in [-0.2, -0.15) is 5.26 Å². The highest BCUT2D eigenvalue weighted by atomic mass is 16.5. The predicted molar refractivity (Wildman–Crippen MR) is 65.2 cm³/mol. The van der Waals surface area contributed by atoms with E-state index in [-0.39, 0.29) is 6.10 Å². The zero-order valence-electron chi connectivity index (χ0n) is 10.4. The summed E-state index contributed by atoms with van der Waals surface area (Å²) in [6.45, 7) is 2.76. The number of rotatable bonds is 4. The minimum atomic E-state index is 0.118. The fraction of sp³-hybridized carbons (Fsp3) is 0.583. The van der Waals surface area contributed by atoms with Gasteiger partial charge >= 0.3 is 0 Å². The van der Waals surface area contributed by atoms with Crippen molar-refractivity contribution in [3.63, 3.8) is 0 Å². The van der Waals surface area contributed by atoms with Gasteiger partial charge in [0.15, 0.2) is 11.5 Å². The smallest absolute Gasteiger partial charge is 0.183 e. The number of ether oxygens (including phenoxy) is 2. The molecule has 0 bridgehead atoms. The number of nitriles is 1. The molecule has 0 aliphatic carbocycles. The van der Waals surface area contributed by atoms with E-state index in [1.807, 2.05) is 0 Å². The van der Waals surface area contributed by atoms with Crippen LogP contribution in [0.5, 0.6) is 0 Å². The van der Waals surface area contributed by atoms with Crippen molar-refractivity contribution in [2.45, 2.75) is 12.5 Å². The first kappa shape index (κ1) is 12.7. The van der Waals surface area contributed by atoms with Crippen LogP contribution in [-0.4, -0.2) is 49.5 Å². The molecule has 1 fully saturated rings. The molecule has 2 heterocycles. The van der Waals surface area contributed by atoms with Crippen molar-refractivity contribution in [3.05, 3.63) is 18.1 Å². The van der Waals surface area contributed by atoms with Crippen LogP contribution >= 0.6 is 0 Å². The molecular weight excluding hydrogens is 232 g/mol. The maximum atomic E-state index is 9.03. The third-order valence-electron chi connectivity index (χ3n) is 2.87. The minimum Gasteiger partial charge on any atom is -0.385 e. The van der Waals surface area contributed by atoms with Crippen molar-refractivity contribution < 1.29 is 9.47 Å². The summed E-state index contributed by atoms with van der Waals surface area (Å²) in [4.78, 5) is 10.3. The average Bonchev–Trinajstić information content (AvgIpc) is 2.45.